The molecule has 18 heavy (non-hydrogen) atoms. The molecule has 0 aromatic carbocycles. The molecule has 0 spiro atoms. The zero-order valence-electron chi connectivity index (χ0n) is 11.1. The SMILES string of the molecule is Cn1ncc2c1CCCC2NCC1CCCC1O. The van der Waals surface area contributed by atoms with Gasteiger partial charge in [-0.3, -0.25) is 4.68 Å². The van der Waals surface area contributed by atoms with Crippen molar-refractivity contribution in [3.63, 3.8) is 0 Å². The van der Waals surface area contributed by atoms with E-state index < -0.39 is 0 Å². The third-order valence-corrected chi connectivity index (χ3v) is 4.62. The van der Waals surface area contributed by atoms with Gasteiger partial charge in [0, 0.05) is 30.9 Å². The Balaban J connectivity index is 1.64. The second-order valence-corrected chi connectivity index (χ2v) is 5.78. The molecule has 3 unspecified atom stereocenters. The van der Waals surface area contributed by atoms with Gasteiger partial charge in [-0.15, -0.1) is 0 Å². The summed E-state index contributed by atoms with van der Waals surface area (Å²) in [5.41, 5.74) is 2.75. The van der Waals surface area contributed by atoms with Crippen LogP contribution in [0, 0.1) is 5.92 Å². The first kappa shape index (κ1) is 12.2. The number of aliphatic hydroxyl groups is 1. The Kier molecular flexibility index (Phi) is 3.39. The van der Waals surface area contributed by atoms with Gasteiger partial charge in [-0.05, 0) is 38.0 Å². The van der Waals surface area contributed by atoms with Crippen molar-refractivity contribution in [2.45, 2.75) is 50.7 Å². The number of fused-ring (bicyclic) bond motifs is 1. The van der Waals surface area contributed by atoms with Gasteiger partial charge in [0.05, 0.1) is 12.3 Å². The van der Waals surface area contributed by atoms with Gasteiger partial charge >= 0.3 is 0 Å². The number of nitrogens with one attached hydrogen (secondary N) is 1. The van der Waals surface area contributed by atoms with Gasteiger partial charge in [0.2, 0.25) is 0 Å². The molecule has 4 heteroatoms. The molecule has 3 rings (SSSR count). The zero-order chi connectivity index (χ0) is 12.5. The van der Waals surface area contributed by atoms with Gasteiger partial charge in [-0.2, -0.15) is 5.10 Å². The highest BCUT2D eigenvalue weighted by molar-refractivity contribution is 5.24. The number of hydrogen-bond acceptors (Lipinski definition) is 3. The summed E-state index contributed by atoms with van der Waals surface area (Å²) < 4.78 is 2.01. The standard InChI is InChI=1S/C14H23N3O/c1-17-13-6-3-5-12(11(13)9-16-17)15-8-10-4-2-7-14(10)18/h9-10,12,14-15,18H,2-8H2,1H3. The molecule has 1 heterocycles. The number of nitrogens with zero attached hydrogens (tertiary/aromatic N) is 2. The average Bonchev–Trinajstić information content (AvgIpc) is 2.95. The minimum atomic E-state index is -0.0885. The maximum absolute atomic E-state index is 9.86. The summed E-state index contributed by atoms with van der Waals surface area (Å²) in [4.78, 5) is 0. The van der Waals surface area contributed by atoms with Crippen LogP contribution >= 0.6 is 0 Å². The van der Waals surface area contributed by atoms with Crippen LogP contribution in [0.1, 0.15) is 49.4 Å². The van der Waals surface area contributed by atoms with Gasteiger partial charge in [0.1, 0.15) is 0 Å². The highest BCUT2D eigenvalue weighted by Gasteiger charge is 2.28. The molecule has 1 aromatic heterocycles. The molecule has 2 aliphatic carbocycles. The molecular formula is C14H23N3O. The molecule has 0 aliphatic heterocycles. The molecule has 2 N–H and O–H groups in total. The number of hydrogen-bond donors (Lipinski definition) is 2. The van der Waals surface area contributed by atoms with Crippen LogP contribution in [0.15, 0.2) is 6.20 Å². The van der Waals surface area contributed by atoms with E-state index in [2.05, 4.69) is 10.4 Å². The van der Waals surface area contributed by atoms with E-state index in [1.807, 2.05) is 17.9 Å². The lowest BCUT2D eigenvalue weighted by molar-refractivity contribution is 0.129. The average molecular weight is 249 g/mol. The Morgan fingerprint density at radius 1 is 1.39 bits per heavy atom. The second kappa shape index (κ2) is 5.02. The Bertz CT molecular complexity index is 415. The first-order chi connectivity index (χ1) is 8.75. The summed E-state index contributed by atoms with van der Waals surface area (Å²) in [7, 11) is 2.03. The summed E-state index contributed by atoms with van der Waals surface area (Å²) in [6.07, 6.45) is 8.83. The molecule has 1 saturated carbocycles. The third kappa shape index (κ3) is 2.19. The minimum absolute atomic E-state index is 0.0885. The number of aromatic nitrogens is 2. The molecule has 2 aliphatic rings. The molecule has 4 nitrogen and oxygen atoms in total. The Labute approximate surface area is 108 Å². The molecule has 1 fully saturated rings. The van der Waals surface area contributed by atoms with Crippen molar-refractivity contribution in [2.24, 2.45) is 13.0 Å². The largest absolute Gasteiger partial charge is 0.393 e. The maximum Gasteiger partial charge on any atom is 0.0580 e. The zero-order valence-corrected chi connectivity index (χ0v) is 11.1. The van der Waals surface area contributed by atoms with Crippen LogP contribution in [0.2, 0.25) is 0 Å². The summed E-state index contributed by atoms with van der Waals surface area (Å²) >= 11 is 0. The number of aliphatic hydroxyl groups excluding tert-OH is 1. The lowest BCUT2D eigenvalue weighted by atomic mass is 9.92. The summed E-state index contributed by atoms with van der Waals surface area (Å²) in [6.45, 7) is 0.945. The van der Waals surface area contributed by atoms with Crippen LogP contribution in [0.4, 0.5) is 0 Å². The van der Waals surface area contributed by atoms with Gasteiger partial charge in [0.15, 0.2) is 0 Å². The van der Waals surface area contributed by atoms with Crippen molar-refractivity contribution >= 4 is 0 Å². The van der Waals surface area contributed by atoms with Crippen molar-refractivity contribution in [3.8, 4) is 0 Å². The molecule has 0 saturated heterocycles. The first-order valence-electron chi connectivity index (χ1n) is 7.18. The van der Waals surface area contributed by atoms with Gasteiger partial charge in [0.25, 0.3) is 0 Å². The van der Waals surface area contributed by atoms with Crippen LogP contribution in [-0.2, 0) is 13.5 Å². The van der Waals surface area contributed by atoms with Crippen LogP contribution in [0.5, 0.6) is 0 Å². The molecule has 100 valence electrons. The smallest absolute Gasteiger partial charge is 0.0580 e. The summed E-state index contributed by atoms with van der Waals surface area (Å²) in [6, 6.07) is 0.440. The highest BCUT2D eigenvalue weighted by atomic mass is 16.3. The fourth-order valence-corrected chi connectivity index (χ4v) is 3.47. The Morgan fingerprint density at radius 3 is 3.06 bits per heavy atom. The van der Waals surface area contributed by atoms with E-state index in [0.717, 1.165) is 19.4 Å². The summed E-state index contributed by atoms with van der Waals surface area (Å²) in [5.74, 6) is 0.451. The number of aryl methyl sites for hydroxylation is 1. The lowest BCUT2D eigenvalue weighted by Crippen LogP contribution is -2.32. The van der Waals surface area contributed by atoms with Crippen LogP contribution in [-0.4, -0.2) is 27.5 Å². The minimum Gasteiger partial charge on any atom is -0.393 e. The van der Waals surface area contributed by atoms with Gasteiger partial charge < -0.3 is 10.4 Å². The van der Waals surface area contributed by atoms with E-state index in [0.29, 0.717) is 12.0 Å². The van der Waals surface area contributed by atoms with E-state index in [-0.39, 0.29) is 6.10 Å². The Hall–Kier alpha value is -0.870. The third-order valence-electron chi connectivity index (χ3n) is 4.62. The van der Waals surface area contributed by atoms with Gasteiger partial charge in [-0.25, -0.2) is 0 Å². The first-order valence-corrected chi connectivity index (χ1v) is 7.18. The van der Waals surface area contributed by atoms with E-state index >= 15 is 0 Å². The monoisotopic (exact) mass is 249 g/mol. The van der Waals surface area contributed by atoms with Crippen LogP contribution < -0.4 is 5.32 Å². The predicted molar refractivity (Wildman–Crippen MR) is 70.2 cm³/mol. The van der Waals surface area contributed by atoms with Crippen molar-refractivity contribution < 1.29 is 5.11 Å². The predicted octanol–water partition coefficient (Wildman–Crippen LogP) is 1.55. The Morgan fingerprint density at radius 2 is 2.28 bits per heavy atom. The van der Waals surface area contributed by atoms with Gasteiger partial charge in [-0.1, -0.05) is 6.42 Å². The van der Waals surface area contributed by atoms with Crippen molar-refractivity contribution in [3.05, 3.63) is 17.5 Å². The molecule has 1 aromatic rings. The van der Waals surface area contributed by atoms with E-state index in [1.54, 1.807) is 0 Å². The van der Waals surface area contributed by atoms with Crippen molar-refractivity contribution in [1.82, 2.24) is 15.1 Å². The van der Waals surface area contributed by atoms with Crippen LogP contribution in [0.25, 0.3) is 0 Å². The summed E-state index contributed by atoms with van der Waals surface area (Å²) in [5, 5.41) is 17.9. The maximum atomic E-state index is 9.86. The molecule has 3 atom stereocenters. The fourth-order valence-electron chi connectivity index (χ4n) is 3.47. The highest BCUT2D eigenvalue weighted by Crippen LogP contribution is 2.30. The molecule has 0 radical (unpaired) electrons. The topological polar surface area (TPSA) is 50.1 Å². The van der Waals surface area contributed by atoms with E-state index in [1.165, 1.54) is 36.9 Å². The van der Waals surface area contributed by atoms with Crippen molar-refractivity contribution in [2.75, 3.05) is 6.54 Å². The fraction of sp³-hybridized carbons (Fsp3) is 0.786. The van der Waals surface area contributed by atoms with E-state index in [4.69, 9.17) is 0 Å². The number of rotatable bonds is 3. The lowest BCUT2D eigenvalue weighted by Gasteiger charge is -2.26. The van der Waals surface area contributed by atoms with Crippen molar-refractivity contribution in [1.29, 1.82) is 0 Å². The van der Waals surface area contributed by atoms with Crippen LogP contribution in [0.3, 0.4) is 0 Å². The second-order valence-electron chi connectivity index (χ2n) is 5.78. The molecule has 0 amide bonds. The van der Waals surface area contributed by atoms with E-state index in [9.17, 15) is 5.11 Å². The quantitative estimate of drug-likeness (QED) is 0.854. The molecule has 0 bridgehead atoms. The molecular weight excluding hydrogens is 226 g/mol. The normalized spacial score (nSPS) is 31.6.